The van der Waals surface area contributed by atoms with Crippen LogP contribution in [0.15, 0.2) is 5.16 Å². The quantitative estimate of drug-likeness (QED) is 0.658. The van der Waals surface area contributed by atoms with Crippen molar-refractivity contribution in [1.82, 2.24) is 9.97 Å². The van der Waals surface area contributed by atoms with E-state index < -0.39 is 9.84 Å². The second-order valence-corrected chi connectivity index (χ2v) is 4.71. The highest BCUT2D eigenvalue weighted by Crippen LogP contribution is 2.18. The van der Waals surface area contributed by atoms with Crippen molar-refractivity contribution in [3.63, 3.8) is 0 Å². The van der Waals surface area contributed by atoms with E-state index in [1.165, 1.54) is 13.8 Å². The minimum atomic E-state index is -3.40. The van der Waals surface area contributed by atoms with E-state index in [4.69, 9.17) is 0 Å². The molecule has 0 atom stereocenters. The fraction of sp³-hybridized carbons (Fsp3) is 0.429. The highest BCUT2D eigenvalue weighted by Gasteiger charge is 2.14. The smallest absolute Gasteiger partial charge is 0.247 e. The second kappa shape index (κ2) is 2.95. The van der Waals surface area contributed by atoms with Crippen molar-refractivity contribution in [3.8, 4) is 5.75 Å². The van der Waals surface area contributed by atoms with E-state index in [1.807, 2.05) is 0 Å². The Morgan fingerprint density at radius 2 is 1.54 bits per heavy atom. The van der Waals surface area contributed by atoms with E-state index in [0.29, 0.717) is 0 Å². The lowest BCUT2D eigenvalue weighted by Crippen LogP contribution is -2.06. The van der Waals surface area contributed by atoms with Gasteiger partial charge < -0.3 is 5.11 Å². The van der Waals surface area contributed by atoms with E-state index in [0.717, 1.165) is 6.26 Å². The Bertz CT molecular complexity index is 416. The summed E-state index contributed by atoms with van der Waals surface area (Å²) in [4.78, 5) is 7.31. The molecule has 6 heteroatoms. The second-order valence-electron chi connectivity index (χ2n) is 2.80. The molecular formula is C7H10N2O3S. The number of aryl methyl sites for hydroxylation is 2. The standard InChI is InChI=1S/C7H10N2O3S/c1-4-6(10)5(2)9-7(8-4)13(3,11)12/h10H,1-3H3. The molecule has 0 bridgehead atoms. The number of nitrogens with zero attached hydrogens (tertiary/aromatic N) is 2. The zero-order chi connectivity index (χ0) is 10.2. The maximum Gasteiger partial charge on any atom is 0.247 e. The third-order valence-electron chi connectivity index (χ3n) is 1.54. The van der Waals surface area contributed by atoms with Gasteiger partial charge in [0.2, 0.25) is 15.0 Å². The lowest BCUT2D eigenvalue weighted by atomic mass is 10.3. The van der Waals surface area contributed by atoms with Gasteiger partial charge in [-0.05, 0) is 13.8 Å². The Labute approximate surface area is 76.4 Å². The van der Waals surface area contributed by atoms with Crippen LogP contribution in [0.4, 0.5) is 0 Å². The van der Waals surface area contributed by atoms with Crippen LogP contribution in [-0.4, -0.2) is 29.7 Å². The van der Waals surface area contributed by atoms with Crippen molar-refractivity contribution in [3.05, 3.63) is 11.4 Å². The molecule has 1 rings (SSSR count). The van der Waals surface area contributed by atoms with Crippen LogP contribution in [0, 0.1) is 13.8 Å². The molecule has 1 heterocycles. The first kappa shape index (κ1) is 9.91. The molecule has 0 saturated carbocycles. The third-order valence-corrected chi connectivity index (χ3v) is 2.39. The van der Waals surface area contributed by atoms with Crippen LogP contribution >= 0.6 is 0 Å². The summed E-state index contributed by atoms with van der Waals surface area (Å²) in [7, 11) is -3.40. The van der Waals surface area contributed by atoms with Crippen LogP contribution in [-0.2, 0) is 9.84 Å². The van der Waals surface area contributed by atoms with Gasteiger partial charge in [-0.25, -0.2) is 18.4 Å². The molecule has 0 fully saturated rings. The van der Waals surface area contributed by atoms with Crippen LogP contribution in [0.5, 0.6) is 5.75 Å². The monoisotopic (exact) mass is 202 g/mol. The maximum atomic E-state index is 11.0. The predicted octanol–water partition coefficient (Wildman–Crippen LogP) is 0.203. The minimum absolute atomic E-state index is 0.0626. The van der Waals surface area contributed by atoms with Gasteiger partial charge in [-0.3, -0.25) is 0 Å². The zero-order valence-corrected chi connectivity index (χ0v) is 8.38. The summed E-state index contributed by atoms with van der Waals surface area (Å²) in [5, 5.41) is 9.03. The van der Waals surface area contributed by atoms with E-state index in [1.54, 1.807) is 0 Å². The zero-order valence-electron chi connectivity index (χ0n) is 7.57. The molecule has 0 unspecified atom stereocenters. The number of aromatic nitrogens is 2. The van der Waals surface area contributed by atoms with Crippen molar-refractivity contribution in [2.24, 2.45) is 0 Å². The lowest BCUT2D eigenvalue weighted by Gasteiger charge is -2.03. The predicted molar refractivity (Wildman–Crippen MR) is 46.3 cm³/mol. The van der Waals surface area contributed by atoms with E-state index in [-0.39, 0.29) is 22.3 Å². The number of hydrogen-bond donors (Lipinski definition) is 1. The highest BCUT2D eigenvalue weighted by atomic mass is 32.2. The Hall–Kier alpha value is -1.17. The lowest BCUT2D eigenvalue weighted by molar-refractivity contribution is 0.455. The van der Waals surface area contributed by atoms with Crippen LogP contribution < -0.4 is 0 Å². The Morgan fingerprint density at radius 1 is 1.15 bits per heavy atom. The Balaban J connectivity index is 3.47. The molecule has 0 amide bonds. The van der Waals surface area contributed by atoms with E-state index in [2.05, 4.69) is 9.97 Å². The van der Waals surface area contributed by atoms with Gasteiger partial charge in [0.1, 0.15) is 0 Å². The fourth-order valence-electron chi connectivity index (χ4n) is 0.845. The summed E-state index contributed by atoms with van der Waals surface area (Å²) >= 11 is 0. The first-order valence-corrected chi connectivity index (χ1v) is 5.46. The van der Waals surface area contributed by atoms with Gasteiger partial charge in [0.15, 0.2) is 5.75 Å². The summed E-state index contributed by atoms with van der Waals surface area (Å²) < 4.78 is 22.1. The molecule has 13 heavy (non-hydrogen) atoms. The number of hydrogen-bond acceptors (Lipinski definition) is 5. The van der Waals surface area contributed by atoms with Gasteiger partial charge in [-0.2, -0.15) is 0 Å². The fourth-order valence-corrected chi connectivity index (χ4v) is 1.45. The average Bonchev–Trinajstić information content (AvgIpc) is 1.97. The largest absolute Gasteiger partial charge is 0.504 e. The topological polar surface area (TPSA) is 80.2 Å². The van der Waals surface area contributed by atoms with Crippen LogP contribution in [0.2, 0.25) is 0 Å². The molecule has 0 aliphatic heterocycles. The molecule has 72 valence electrons. The van der Waals surface area contributed by atoms with Crippen LogP contribution in [0.25, 0.3) is 0 Å². The number of sulfone groups is 1. The average molecular weight is 202 g/mol. The summed E-state index contributed by atoms with van der Waals surface area (Å²) in [5.74, 6) is -0.0626. The van der Waals surface area contributed by atoms with Gasteiger partial charge in [-0.15, -0.1) is 0 Å². The summed E-state index contributed by atoms with van der Waals surface area (Å²) in [6.45, 7) is 3.05. The molecule has 1 aromatic rings. The third kappa shape index (κ3) is 1.95. The Kier molecular flexibility index (Phi) is 2.25. The molecule has 0 spiro atoms. The highest BCUT2D eigenvalue weighted by molar-refractivity contribution is 7.90. The minimum Gasteiger partial charge on any atom is -0.504 e. The van der Waals surface area contributed by atoms with E-state index >= 15 is 0 Å². The summed E-state index contributed by atoms with van der Waals surface area (Å²) in [6, 6.07) is 0. The van der Waals surface area contributed by atoms with Gasteiger partial charge in [0.05, 0.1) is 11.4 Å². The van der Waals surface area contributed by atoms with Gasteiger partial charge in [-0.1, -0.05) is 0 Å². The van der Waals surface area contributed by atoms with Crippen molar-refractivity contribution >= 4 is 9.84 Å². The van der Waals surface area contributed by atoms with E-state index in [9.17, 15) is 13.5 Å². The van der Waals surface area contributed by atoms with Gasteiger partial charge >= 0.3 is 0 Å². The summed E-state index contributed by atoms with van der Waals surface area (Å²) in [6.07, 6.45) is 1.03. The molecule has 5 nitrogen and oxygen atoms in total. The first-order chi connectivity index (χ1) is 5.82. The van der Waals surface area contributed by atoms with Crippen molar-refractivity contribution in [2.45, 2.75) is 19.0 Å². The molecule has 0 aliphatic carbocycles. The van der Waals surface area contributed by atoms with Crippen molar-refractivity contribution in [1.29, 1.82) is 0 Å². The van der Waals surface area contributed by atoms with Crippen molar-refractivity contribution < 1.29 is 13.5 Å². The molecule has 1 N–H and O–H groups in total. The van der Waals surface area contributed by atoms with Crippen LogP contribution in [0.1, 0.15) is 11.4 Å². The molecule has 0 saturated heterocycles. The van der Waals surface area contributed by atoms with Crippen molar-refractivity contribution in [2.75, 3.05) is 6.26 Å². The molecule has 0 aliphatic rings. The van der Waals surface area contributed by atoms with Gasteiger partial charge in [0.25, 0.3) is 0 Å². The maximum absolute atomic E-state index is 11.0. The van der Waals surface area contributed by atoms with Crippen LogP contribution in [0.3, 0.4) is 0 Å². The van der Waals surface area contributed by atoms with Gasteiger partial charge in [0, 0.05) is 6.26 Å². The molecule has 1 aromatic heterocycles. The first-order valence-electron chi connectivity index (χ1n) is 3.56. The summed E-state index contributed by atoms with van der Waals surface area (Å²) in [5.41, 5.74) is 0.542. The molecule has 0 radical (unpaired) electrons. The number of rotatable bonds is 1. The molecule has 0 aromatic carbocycles. The molecular weight excluding hydrogens is 192 g/mol. The Morgan fingerprint density at radius 3 is 1.85 bits per heavy atom. The number of aromatic hydroxyl groups is 1. The normalized spacial score (nSPS) is 11.6. The SMILES string of the molecule is Cc1nc(S(C)(=O)=O)nc(C)c1O.